The molecule has 0 radical (unpaired) electrons. The summed E-state index contributed by atoms with van der Waals surface area (Å²) in [4.78, 5) is 20.0. The van der Waals surface area contributed by atoms with Crippen LogP contribution >= 0.6 is 0 Å². The average Bonchev–Trinajstić information content (AvgIpc) is 2.21. The maximum Gasteiger partial charge on any atom is 0.247 e. The highest BCUT2D eigenvalue weighted by molar-refractivity contribution is 5.11. The van der Waals surface area contributed by atoms with E-state index in [0.29, 0.717) is 5.95 Å². The molecule has 2 aromatic rings. The minimum Gasteiger partial charge on any atom is -0.368 e. The van der Waals surface area contributed by atoms with Crippen LogP contribution in [0.25, 0.3) is 0 Å². The second-order valence-electron chi connectivity index (χ2n) is 2.33. The van der Waals surface area contributed by atoms with Gasteiger partial charge in [-0.25, -0.2) is 9.97 Å². The summed E-state index contributed by atoms with van der Waals surface area (Å²) in [6, 6.07) is 6.65. The first-order valence-electron chi connectivity index (χ1n) is 3.95. The topological polar surface area (TPSA) is 84.7 Å². The number of nitrogens with two attached hydrogens (primary N) is 1. The van der Waals surface area contributed by atoms with Gasteiger partial charge in [0, 0.05) is 24.7 Å². The Kier molecular flexibility index (Phi) is 3.87. The van der Waals surface area contributed by atoms with Gasteiger partial charge in [-0.05, 0) is 12.1 Å². The largest absolute Gasteiger partial charge is 0.368 e. The van der Waals surface area contributed by atoms with Gasteiger partial charge in [-0.3, -0.25) is 4.79 Å². The first-order chi connectivity index (χ1) is 6.79. The maximum absolute atomic E-state index is 10.2. The van der Waals surface area contributed by atoms with Crippen LogP contribution < -0.4 is 11.3 Å². The van der Waals surface area contributed by atoms with Crippen molar-refractivity contribution in [1.82, 2.24) is 15.0 Å². The Hall–Kier alpha value is -2.17. The lowest BCUT2D eigenvalue weighted by Crippen LogP contribution is -1.98. The van der Waals surface area contributed by atoms with Gasteiger partial charge in [0.05, 0.1) is 0 Å². The molecule has 5 heteroatoms. The van der Waals surface area contributed by atoms with E-state index in [1.807, 2.05) is 0 Å². The fourth-order valence-electron chi connectivity index (χ4n) is 0.687. The van der Waals surface area contributed by atoms with Crippen LogP contribution in [0.15, 0.2) is 47.7 Å². The fraction of sp³-hybridized carbons (Fsp3) is 0. The van der Waals surface area contributed by atoms with Crippen LogP contribution in [-0.4, -0.2) is 15.0 Å². The van der Waals surface area contributed by atoms with Crippen molar-refractivity contribution in [3.63, 3.8) is 0 Å². The normalized spacial score (nSPS) is 8.57. The van der Waals surface area contributed by atoms with Gasteiger partial charge < -0.3 is 10.7 Å². The zero-order valence-electron chi connectivity index (χ0n) is 7.42. The fourth-order valence-corrected chi connectivity index (χ4v) is 0.687. The minimum absolute atomic E-state index is 0.0532. The number of rotatable bonds is 0. The Balaban J connectivity index is 0.000000140. The molecule has 72 valence electrons. The summed E-state index contributed by atoms with van der Waals surface area (Å²) >= 11 is 0. The van der Waals surface area contributed by atoms with Gasteiger partial charge in [-0.1, -0.05) is 6.07 Å². The molecule has 14 heavy (non-hydrogen) atoms. The molecule has 0 aliphatic carbocycles. The van der Waals surface area contributed by atoms with Crippen LogP contribution in [-0.2, 0) is 0 Å². The molecule has 0 spiro atoms. The molecule has 0 saturated carbocycles. The van der Waals surface area contributed by atoms with E-state index >= 15 is 0 Å². The second-order valence-corrected chi connectivity index (χ2v) is 2.33. The number of nitrogen functional groups attached to an aromatic ring is 1. The number of hydrogen-bond donors (Lipinski definition) is 2. The zero-order valence-corrected chi connectivity index (χ0v) is 7.42. The summed E-state index contributed by atoms with van der Waals surface area (Å²) < 4.78 is 0. The highest BCUT2D eigenvalue weighted by atomic mass is 16.1. The van der Waals surface area contributed by atoms with E-state index in [0.717, 1.165) is 0 Å². The van der Waals surface area contributed by atoms with Crippen LogP contribution in [0.4, 0.5) is 5.95 Å². The Bertz CT molecular complexity index is 395. The van der Waals surface area contributed by atoms with E-state index in [1.165, 1.54) is 6.07 Å². The summed E-state index contributed by atoms with van der Waals surface area (Å²) in [6.07, 6.45) is 4.80. The first kappa shape index (κ1) is 9.91. The molecule has 0 saturated heterocycles. The minimum atomic E-state index is -0.0532. The summed E-state index contributed by atoms with van der Waals surface area (Å²) in [7, 11) is 0. The smallest absolute Gasteiger partial charge is 0.247 e. The molecule has 0 unspecified atom stereocenters. The van der Waals surface area contributed by atoms with E-state index in [-0.39, 0.29) is 5.56 Å². The van der Waals surface area contributed by atoms with Crippen LogP contribution in [0, 0.1) is 0 Å². The van der Waals surface area contributed by atoms with Crippen molar-refractivity contribution in [2.75, 3.05) is 5.73 Å². The molecule has 0 aliphatic rings. The molecular weight excluding hydrogens is 180 g/mol. The summed E-state index contributed by atoms with van der Waals surface area (Å²) in [5, 5.41) is 0. The molecule has 5 nitrogen and oxygen atoms in total. The number of nitrogens with zero attached hydrogens (tertiary/aromatic N) is 2. The van der Waals surface area contributed by atoms with Crippen molar-refractivity contribution >= 4 is 5.95 Å². The quantitative estimate of drug-likeness (QED) is 0.631. The summed E-state index contributed by atoms with van der Waals surface area (Å²) in [6.45, 7) is 0. The molecular formula is C9H10N4O. The standard InChI is InChI=1S/C5H5NO.C4H5N3/c7-5-3-1-2-4-6-5;5-4-6-2-1-3-7-4/h1-4H,(H,6,7);1-3H,(H2,5,6,7). The van der Waals surface area contributed by atoms with Crippen LogP contribution in [0.2, 0.25) is 0 Å². The zero-order chi connectivity index (χ0) is 10.2. The maximum atomic E-state index is 10.2. The molecule has 2 heterocycles. The van der Waals surface area contributed by atoms with Crippen LogP contribution in [0.3, 0.4) is 0 Å². The Labute approximate surface area is 80.7 Å². The molecule has 0 bridgehead atoms. The van der Waals surface area contributed by atoms with Crippen molar-refractivity contribution in [2.24, 2.45) is 0 Å². The van der Waals surface area contributed by atoms with Gasteiger partial charge in [-0.15, -0.1) is 0 Å². The third kappa shape index (κ3) is 4.01. The van der Waals surface area contributed by atoms with Crippen molar-refractivity contribution < 1.29 is 0 Å². The summed E-state index contributed by atoms with van der Waals surface area (Å²) in [5.74, 6) is 0.322. The van der Waals surface area contributed by atoms with Gasteiger partial charge in [0.2, 0.25) is 11.5 Å². The van der Waals surface area contributed by atoms with Crippen LogP contribution in [0.1, 0.15) is 0 Å². The SMILES string of the molecule is Nc1ncccn1.O=c1cccc[nH]1. The molecule has 0 atom stereocenters. The van der Waals surface area contributed by atoms with Gasteiger partial charge in [0.15, 0.2) is 0 Å². The van der Waals surface area contributed by atoms with Crippen molar-refractivity contribution in [1.29, 1.82) is 0 Å². The number of pyridine rings is 1. The number of nitrogens with one attached hydrogen (secondary N) is 1. The number of H-pyrrole nitrogens is 1. The molecule has 0 aliphatic heterocycles. The molecule has 0 amide bonds. The van der Waals surface area contributed by atoms with Crippen LogP contribution in [0.5, 0.6) is 0 Å². The molecule has 0 fully saturated rings. The monoisotopic (exact) mass is 190 g/mol. The van der Waals surface area contributed by atoms with E-state index in [2.05, 4.69) is 15.0 Å². The molecule has 3 N–H and O–H groups in total. The molecule has 0 aromatic carbocycles. The predicted molar refractivity (Wildman–Crippen MR) is 53.5 cm³/mol. The lowest BCUT2D eigenvalue weighted by molar-refractivity contribution is 1.19. The predicted octanol–water partition coefficient (Wildman–Crippen LogP) is 0.434. The van der Waals surface area contributed by atoms with E-state index in [4.69, 9.17) is 5.73 Å². The van der Waals surface area contributed by atoms with Gasteiger partial charge in [0.1, 0.15) is 0 Å². The van der Waals surface area contributed by atoms with E-state index in [1.54, 1.807) is 36.8 Å². The first-order valence-corrected chi connectivity index (χ1v) is 3.95. The summed E-state index contributed by atoms with van der Waals surface area (Å²) in [5.41, 5.74) is 5.08. The number of aromatic nitrogens is 3. The third-order valence-corrected chi connectivity index (χ3v) is 1.27. The lowest BCUT2D eigenvalue weighted by Gasteiger charge is -1.82. The van der Waals surface area contributed by atoms with Crippen molar-refractivity contribution in [3.05, 3.63) is 53.2 Å². The highest BCUT2D eigenvalue weighted by Gasteiger charge is 1.75. The number of hydrogen-bond acceptors (Lipinski definition) is 4. The Morgan fingerprint density at radius 3 is 2.14 bits per heavy atom. The van der Waals surface area contributed by atoms with E-state index < -0.39 is 0 Å². The number of anilines is 1. The lowest BCUT2D eigenvalue weighted by atomic mass is 10.5. The van der Waals surface area contributed by atoms with Gasteiger partial charge >= 0.3 is 0 Å². The Morgan fingerprint density at radius 2 is 1.86 bits per heavy atom. The Morgan fingerprint density at radius 1 is 1.14 bits per heavy atom. The van der Waals surface area contributed by atoms with Gasteiger partial charge in [-0.2, -0.15) is 0 Å². The van der Waals surface area contributed by atoms with Crippen molar-refractivity contribution in [2.45, 2.75) is 0 Å². The second kappa shape index (κ2) is 5.47. The average molecular weight is 190 g/mol. The van der Waals surface area contributed by atoms with Gasteiger partial charge in [0.25, 0.3) is 0 Å². The highest BCUT2D eigenvalue weighted by Crippen LogP contribution is 1.81. The third-order valence-electron chi connectivity index (χ3n) is 1.27. The molecule has 2 rings (SSSR count). The van der Waals surface area contributed by atoms with Crippen molar-refractivity contribution in [3.8, 4) is 0 Å². The molecule has 2 aromatic heterocycles. The van der Waals surface area contributed by atoms with E-state index in [9.17, 15) is 4.79 Å². The number of aromatic amines is 1.